The van der Waals surface area contributed by atoms with E-state index in [1.165, 1.54) is 16.8 Å². The summed E-state index contributed by atoms with van der Waals surface area (Å²) in [5.41, 5.74) is 3.17. The average molecular weight is 353 g/mol. The van der Waals surface area contributed by atoms with Crippen LogP contribution in [-0.4, -0.2) is 22.6 Å². The van der Waals surface area contributed by atoms with Crippen molar-refractivity contribution in [3.63, 3.8) is 0 Å². The molecule has 0 aliphatic carbocycles. The molecule has 3 aromatic rings. The first-order chi connectivity index (χ1) is 12.5. The van der Waals surface area contributed by atoms with Gasteiger partial charge in [0.1, 0.15) is 11.6 Å². The number of hydrogen-bond acceptors (Lipinski definition) is 3. The molecule has 134 valence electrons. The molecule has 3 rings (SSSR count). The van der Waals surface area contributed by atoms with Crippen LogP contribution in [0.2, 0.25) is 0 Å². The molecule has 0 unspecified atom stereocenters. The molecular weight excluding hydrogens is 333 g/mol. The Morgan fingerprint density at radius 2 is 1.88 bits per heavy atom. The molecule has 0 aliphatic heterocycles. The number of rotatable bonds is 5. The van der Waals surface area contributed by atoms with Crippen molar-refractivity contribution in [1.82, 2.24) is 9.78 Å². The van der Waals surface area contributed by atoms with E-state index in [4.69, 9.17) is 4.74 Å². The average Bonchev–Trinajstić information content (AvgIpc) is 2.95. The molecule has 1 N–H and O–H groups in total. The van der Waals surface area contributed by atoms with Crippen LogP contribution in [0.25, 0.3) is 5.69 Å². The van der Waals surface area contributed by atoms with Crippen LogP contribution in [0, 0.1) is 12.7 Å². The van der Waals surface area contributed by atoms with Crippen molar-refractivity contribution in [3.8, 4) is 11.4 Å². The van der Waals surface area contributed by atoms with Crippen molar-refractivity contribution in [1.29, 1.82) is 0 Å². The number of methoxy groups -OCH3 is 1. The number of hydrogen-bond donors (Lipinski definition) is 1. The molecule has 6 heteroatoms. The number of aryl methyl sites for hydroxylation is 1. The summed E-state index contributed by atoms with van der Waals surface area (Å²) in [4.78, 5) is 17.3. The van der Waals surface area contributed by atoms with Crippen LogP contribution < -0.4 is 10.3 Å². The highest BCUT2D eigenvalue weighted by atomic mass is 19.1. The number of halogens is 1. The Labute approximate surface area is 150 Å². The Balaban J connectivity index is 1.94. The number of aromatic amines is 1. The van der Waals surface area contributed by atoms with Crippen molar-refractivity contribution in [2.24, 2.45) is 4.99 Å². The second-order valence-electron chi connectivity index (χ2n) is 5.94. The third kappa shape index (κ3) is 3.44. The van der Waals surface area contributed by atoms with Crippen LogP contribution in [0.5, 0.6) is 5.75 Å². The molecule has 0 amide bonds. The predicted octanol–water partition coefficient (Wildman–Crippen LogP) is 3.63. The molecule has 1 aromatic heterocycles. The summed E-state index contributed by atoms with van der Waals surface area (Å²) in [7, 11) is 1.62. The van der Waals surface area contributed by atoms with Crippen LogP contribution in [-0.2, 0) is 6.54 Å². The largest absolute Gasteiger partial charge is 0.496 e. The number of aliphatic imine (C=N–C) groups is 1. The molecule has 1 heterocycles. The molecule has 0 saturated carbocycles. The van der Waals surface area contributed by atoms with Gasteiger partial charge in [-0.15, -0.1) is 0 Å². The Bertz CT molecular complexity index is 1000. The number of benzene rings is 2. The molecule has 0 radical (unpaired) electrons. The monoisotopic (exact) mass is 353 g/mol. The fourth-order valence-corrected chi connectivity index (χ4v) is 2.86. The molecule has 0 saturated heterocycles. The van der Waals surface area contributed by atoms with Gasteiger partial charge in [0, 0.05) is 17.0 Å². The molecule has 0 atom stereocenters. The summed E-state index contributed by atoms with van der Waals surface area (Å²) in [5, 5.41) is 3.03. The number of nitrogens with zero attached hydrogens (tertiary/aromatic N) is 2. The minimum atomic E-state index is -0.347. The maximum atomic E-state index is 13.1. The van der Waals surface area contributed by atoms with Crippen molar-refractivity contribution < 1.29 is 9.13 Å². The van der Waals surface area contributed by atoms with E-state index in [0.29, 0.717) is 29.2 Å². The quantitative estimate of drug-likeness (QED) is 0.712. The lowest BCUT2D eigenvalue weighted by Crippen LogP contribution is -2.19. The first kappa shape index (κ1) is 17.7. The van der Waals surface area contributed by atoms with Crippen LogP contribution in [0.1, 0.15) is 23.7 Å². The van der Waals surface area contributed by atoms with E-state index in [-0.39, 0.29) is 11.4 Å². The second kappa shape index (κ2) is 7.39. The Morgan fingerprint density at radius 3 is 2.58 bits per heavy atom. The molecule has 0 fully saturated rings. The van der Waals surface area contributed by atoms with E-state index < -0.39 is 0 Å². The topological polar surface area (TPSA) is 59.4 Å². The van der Waals surface area contributed by atoms with Crippen LogP contribution in [0.3, 0.4) is 0 Å². The summed E-state index contributed by atoms with van der Waals surface area (Å²) in [6.45, 7) is 4.04. The maximum absolute atomic E-state index is 13.1. The van der Waals surface area contributed by atoms with Gasteiger partial charge in [0.15, 0.2) is 0 Å². The maximum Gasteiger partial charge on any atom is 0.280 e. The summed E-state index contributed by atoms with van der Waals surface area (Å²) in [6.07, 6.45) is 0. The van der Waals surface area contributed by atoms with E-state index in [9.17, 15) is 9.18 Å². The first-order valence-corrected chi connectivity index (χ1v) is 8.22. The van der Waals surface area contributed by atoms with E-state index in [1.54, 1.807) is 19.2 Å². The minimum absolute atomic E-state index is 0.213. The lowest BCUT2D eigenvalue weighted by atomic mass is 10.1. The lowest BCUT2D eigenvalue weighted by Gasteiger charge is -2.06. The molecule has 2 aromatic carbocycles. The molecule has 0 bridgehead atoms. The zero-order chi connectivity index (χ0) is 18.7. The fraction of sp³-hybridized carbons (Fsp3) is 0.200. The summed E-state index contributed by atoms with van der Waals surface area (Å²) in [6, 6.07) is 13.4. The second-order valence-corrected chi connectivity index (χ2v) is 5.94. The van der Waals surface area contributed by atoms with E-state index in [1.807, 2.05) is 38.1 Å². The van der Waals surface area contributed by atoms with Gasteiger partial charge in [-0.3, -0.25) is 14.9 Å². The number of para-hydroxylation sites is 1. The van der Waals surface area contributed by atoms with Gasteiger partial charge < -0.3 is 4.74 Å². The lowest BCUT2D eigenvalue weighted by molar-refractivity contribution is 0.410. The molecule has 26 heavy (non-hydrogen) atoms. The van der Waals surface area contributed by atoms with Gasteiger partial charge in [-0.05, 0) is 44.2 Å². The Morgan fingerprint density at radius 1 is 1.19 bits per heavy atom. The van der Waals surface area contributed by atoms with Crippen LogP contribution in [0.15, 0.2) is 58.3 Å². The number of aromatic nitrogens is 2. The molecular formula is C20H20FN3O2. The highest BCUT2D eigenvalue weighted by Crippen LogP contribution is 2.18. The van der Waals surface area contributed by atoms with Crippen molar-refractivity contribution >= 4 is 5.71 Å². The third-order valence-electron chi connectivity index (χ3n) is 4.20. The zero-order valence-corrected chi connectivity index (χ0v) is 14.9. The van der Waals surface area contributed by atoms with E-state index in [2.05, 4.69) is 10.1 Å². The van der Waals surface area contributed by atoms with E-state index >= 15 is 0 Å². The predicted molar refractivity (Wildman–Crippen MR) is 100.0 cm³/mol. The Hall–Kier alpha value is -3.15. The fourth-order valence-electron chi connectivity index (χ4n) is 2.86. The van der Waals surface area contributed by atoms with Gasteiger partial charge in [0.05, 0.1) is 24.9 Å². The standard InChI is InChI=1S/C20H20FN3O2/c1-13(22-12-15-6-4-5-7-18(15)26-3)19-14(2)23-24(20(19)25)17-10-8-16(21)9-11-17/h4-11,23H,12H2,1-3H3. The number of ether oxygens (including phenoxy) is 1. The van der Waals surface area contributed by atoms with Gasteiger partial charge in [0.2, 0.25) is 0 Å². The van der Waals surface area contributed by atoms with Gasteiger partial charge >= 0.3 is 0 Å². The van der Waals surface area contributed by atoms with Gasteiger partial charge in [-0.25, -0.2) is 9.07 Å². The van der Waals surface area contributed by atoms with E-state index in [0.717, 1.165) is 11.3 Å². The van der Waals surface area contributed by atoms with Crippen molar-refractivity contribution in [2.75, 3.05) is 7.11 Å². The summed E-state index contributed by atoms with van der Waals surface area (Å²) in [5.74, 6) is 0.415. The van der Waals surface area contributed by atoms with Crippen molar-refractivity contribution in [2.45, 2.75) is 20.4 Å². The smallest absolute Gasteiger partial charge is 0.280 e. The minimum Gasteiger partial charge on any atom is -0.496 e. The SMILES string of the molecule is COc1ccccc1CN=C(C)c1c(C)[nH]n(-c2ccc(F)cc2)c1=O. The van der Waals surface area contributed by atoms with Gasteiger partial charge in [0.25, 0.3) is 5.56 Å². The van der Waals surface area contributed by atoms with Crippen LogP contribution in [0.4, 0.5) is 4.39 Å². The normalized spacial score (nSPS) is 11.6. The zero-order valence-electron chi connectivity index (χ0n) is 14.9. The first-order valence-electron chi connectivity index (χ1n) is 8.22. The van der Waals surface area contributed by atoms with Gasteiger partial charge in [-0.1, -0.05) is 18.2 Å². The third-order valence-corrected chi connectivity index (χ3v) is 4.20. The van der Waals surface area contributed by atoms with Crippen molar-refractivity contribution in [3.05, 3.63) is 81.5 Å². The highest BCUT2D eigenvalue weighted by molar-refractivity contribution is 5.99. The Kier molecular flexibility index (Phi) is 5.02. The summed E-state index contributed by atoms with van der Waals surface area (Å²) >= 11 is 0. The number of nitrogens with one attached hydrogen (secondary N) is 1. The van der Waals surface area contributed by atoms with Crippen LogP contribution >= 0.6 is 0 Å². The van der Waals surface area contributed by atoms with Gasteiger partial charge in [-0.2, -0.15) is 0 Å². The number of H-pyrrole nitrogens is 1. The highest BCUT2D eigenvalue weighted by Gasteiger charge is 2.15. The molecule has 0 spiro atoms. The summed E-state index contributed by atoms with van der Waals surface area (Å²) < 4.78 is 19.8. The molecule has 0 aliphatic rings. The molecule has 5 nitrogen and oxygen atoms in total.